The van der Waals surface area contributed by atoms with Gasteiger partial charge in [0.25, 0.3) is 6.47 Å². The number of carbonyl (C=O) groups is 1. The molecule has 16 heteroatoms. The molecule has 1 aliphatic rings. The molecule has 1 aliphatic heterocycles. The van der Waals surface area contributed by atoms with Crippen molar-refractivity contribution in [1.29, 1.82) is 0 Å². The monoisotopic (exact) mass is 552 g/mol. The largest absolute Gasteiger partial charge is 0.449 e. The maximum atomic E-state index is 12.6. The SMILES string of the molecule is [N-]=[N+]=NCCCC#CC[S+](CC[C@H](N)OC=O)C[C@H]1O[C@@H](n2cnc3c(NCCF)ncnc32)[C@@H](O)C1O. The van der Waals surface area contributed by atoms with Crippen LogP contribution in [0.25, 0.3) is 21.6 Å². The fourth-order valence-corrected chi connectivity index (χ4v) is 5.86. The van der Waals surface area contributed by atoms with E-state index in [0.29, 0.717) is 66.5 Å². The number of ether oxygens (including phenoxy) is 2. The molecule has 2 aromatic rings. The molecule has 0 spiro atoms. The summed E-state index contributed by atoms with van der Waals surface area (Å²) >= 11 is 0. The molecule has 0 aliphatic carbocycles. The fourth-order valence-electron chi connectivity index (χ4n) is 3.82. The zero-order valence-corrected chi connectivity index (χ0v) is 21.4. The smallest absolute Gasteiger partial charge is 0.294 e. The van der Waals surface area contributed by atoms with Crippen LogP contribution in [-0.4, -0.2) is 97.8 Å². The van der Waals surface area contributed by atoms with Gasteiger partial charge in [0, 0.05) is 41.7 Å². The van der Waals surface area contributed by atoms with E-state index in [9.17, 15) is 19.4 Å². The number of hydrogen-bond donors (Lipinski definition) is 4. The van der Waals surface area contributed by atoms with Gasteiger partial charge in [-0.1, -0.05) is 11.0 Å². The Hall–Kier alpha value is -3.19. The number of aromatic nitrogens is 4. The molecule has 5 N–H and O–H groups in total. The third-order valence-corrected chi connectivity index (χ3v) is 7.87. The number of rotatable bonds is 15. The summed E-state index contributed by atoms with van der Waals surface area (Å²) in [5.41, 5.74) is 14.9. The number of nitrogens with two attached hydrogens (primary N) is 1. The molecule has 2 aromatic heterocycles. The molecular formula is C22H31FN9O5S+. The van der Waals surface area contributed by atoms with Gasteiger partial charge in [0.15, 0.2) is 35.2 Å². The molecule has 0 aromatic carbocycles. The zero-order chi connectivity index (χ0) is 27.3. The second-order valence-corrected chi connectivity index (χ2v) is 10.6. The summed E-state index contributed by atoms with van der Waals surface area (Å²) in [4.78, 5) is 25.9. The van der Waals surface area contributed by atoms with E-state index in [0.717, 1.165) is 0 Å². The first-order chi connectivity index (χ1) is 18.5. The summed E-state index contributed by atoms with van der Waals surface area (Å²) in [6.07, 6.45) is -0.526. The van der Waals surface area contributed by atoms with E-state index in [4.69, 9.17) is 20.7 Å². The highest BCUT2D eigenvalue weighted by atomic mass is 32.2. The van der Waals surface area contributed by atoms with Crippen LogP contribution in [0.3, 0.4) is 0 Å². The van der Waals surface area contributed by atoms with E-state index >= 15 is 0 Å². The molecule has 0 bridgehead atoms. The van der Waals surface area contributed by atoms with E-state index in [1.807, 2.05) is 0 Å². The molecule has 206 valence electrons. The third-order valence-electron chi connectivity index (χ3n) is 5.70. The maximum absolute atomic E-state index is 12.6. The van der Waals surface area contributed by atoms with Crippen LogP contribution >= 0.6 is 0 Å². The van der Waals surface area contributed by atoms with E-state index < -0.39 is 48.3 Å². The summed E-state index contributed by atoms with van der Waals surface area (Å²) in [6, 6.07) is 0. The number of halogens is 1. The molecule has 3 heterocycles. The molecule has 38 heavy (non-hydrogen) atoms. The Morgan fingerprint density at radius 3 is 3.00 bits per heavy atom. The van der Waals surface area contributed by atoms with Crippen molar-refractivity contribution in [1.82, 2.24) is 19.5 Å². The van der Waals surface area contributed by atoms with Crippen molar-refractivity contribution in [2.75, 3.05) is 42.3 Å². The van der Waals surface area contributed by atoms with E-state index in [1.54, 1.807) is 0 Å². The van der Waals surface area contributed by atoms with Gasteiger partial charge >= 0.3 is 0 Å². The van der Waals surface area contributed by atoms with Gasteiger partial charge in [-0.2, -0.15) is 0 Å². The second kappa shape index (κ2) is 15.3. The van der Waals surface area contributed by atoms with Gasteiger partial charge in [0.2, 0.25) is 0 Å². The summed E-state index contributed by atoms with van der Waals surface area (Å²) < 4.78 is 25.0. The second-order valence-electron chi connectivity index (χ2n) is 8.31. The highest BCUT2D eigenvalue weighted by Crippen LogP contribution is 2.33. The van der Waals surface area contributed by atoms with Crippen LogP contribution in [0.15, 0.2) is 17.8 Å². The minimum atomic E-state index is -1.26. The Bertz CT molecular complexity index is 1160. The van der Waals surface area contributed by atoms with Crippen molar-refractivity contribution in [3.05, 3.63) is 23.1 Å². The van der Waals surface area contributed by atoms with Gasteiger partial charge in [-0.25, -0.2) is 19.3 Å². The molecule has 1 saturated heterocycles. The van der Waals surface area contributed by atoms with Crippen molar-refractivity contribution >= 4 is 34.3 Å². The maximum Gasteiger partial charge on any atom is 0.294 e. The fraction of sp³-hybridized carbons (Fsp3) is 0.636. The molecule has 1 fully saturated rings. The lowest BCUT2D eigenvalue weighted by molar-refractivity contribution is -0.133. The van der Waals surface area contributed by atoms with E-state index in [1.165, 1.54) is 17.2 Å². The predicted molar refractivity (Wildman–Crippen MR) is 138 cm³/mol. The van der Waals surface area contributed by atoms with E-state index in [-0.39, 0.29) is 6.54 Å². The normalized spacial score (nSPS) is 22.2. The van der Waals surface area contributed by atoms with Crippen LogP contribution in [0.5, 0.6) is 0 Å². The van der Waals surface area contributed by atoms with E-state index in [2.05, 4.69) is 42.1 Å². The number of fused-ring (bicyclic) bond motifs is 1. The van der Waals surface area contributed by atoms with Crippen molar-refractivity contribution < 1.29 is 28.9 Å². The molecule has 14 nitrogen and oxygen atoms in total. The Balaban J connectivity index is 1.70. The van der Waals surface area contributed by atoms with Crippen LogP contribution < -0.4 is 11.1 Å². The van der Waals surface area contributed by atoms with Crippen LogP contribution in [0.4, 0.5) is 10.2 Å². The molecule has 0 radical (unpaired) electrons. The lowest BCUT2D eigenvalue weighted by atomic mass is 10.1. The van der Waals surface area contributed by atoms with Gasteiger partial charge in [0.1, 0.15) is 42.8 Å². The quantitative estimate of drug-likeness (QED) is 0.0349. The van der Waals surface area contributed by atoms with Crippen molar-refractivity contribution in [2.45, 2.75) is 50.0 Å². The first-order valence-corrected chi connectivity index (χ1v) is 13.7. The number of aliphatic hydroxyl groups excluding tert-OH is 2. The lowest BCUT2D eigenvalue weighted by Crippen LogP contribution is -2.37. The van der Waals surface area contributed by atoms with Crippen LogP contribution in [0.1, 0.15) is 25.5 Å². The van der Waals surface area contributed by atoms with Gasteiger partial charge in [-0.15, -0.1) is 0 Å². The van der Waals surface area contributed by atoms with Gasteiger partial charge in [-0.05, 0) is 17.9 Å². The Morgan fingerprint density at radius 2 is 2.24 bits per heavy atom. The number of nitrogens with one attached hydrogen (secondary N) is 1. The molecule has 2 unspecified atom stereocenters. The molecular weight excluding hydrogens is 521 g/mol. The third kappa shape index (κ3) is 7.90. The number of imidazole rings is 1. The molecule has 3 rings (SSSR count). The number of nitrogens with zero attached hydrogens (tertiary/aromatic N) is 7. The first-order valence-electron chi connectivity index (χ1n) is 11.9. The standard InChI is InChI=1S/C22H31FN9O5S/c23-6-8-26-20-17-21(28-12-27-20)32(13-29-17)22-19(35)18(34)15(37-22)11-38(10-5-16(24)36-14-33)9-4-2-1-3-7-30-31-25/h12-16,18-19,22,34-35H,1,3,5-11,24H2,(H,26,27,28)/q+1/t15-,16-,18?,19+,22-,38?/m1/s1. The van der Waals surface area contributed by atoms with Crippen LogP contribution in [0, 0.1) is 11.8 Å². The number of alkyl halides is 1. The molecule has 0 amide bonds. The van der Waals surface area contributed by atoms with Crippen LogP contribution in [0.2, 0.25) is 0 Å². The predicted octanol–water partition coefficient (Wildman–Crippen LogP) is 0.387. The number of anilines is 1. The van der Waals surface area contributed by atoms with Crippen LogP contribution in [-0.2, 0) is 25.2 Å². The Kier molecular flexibility index (Phi) is 11.8. The summed E-state index contributed by atoms with van der Waals surface area (Å²) in [7, 11) is -0.403. The number of aliphatic hydroxyl groups is 2. The number of carbonyl (C=O) groups excluding carboxylic acids is 1. The first kappa shape index (κ1) is 29.4. The van der Waals surface area contributed by atoms with Gasteiger partial charge in [0.05, 0.1) is 6.33 Å². The van der Waals surface area contributed by atoms with Gasteiger partial charge in [-0.3, -0.25) is 15.1 Å². The summed E-state index contributed by atoms with van der Waals surface area (Å²) in [6.45, 7) is 0.147. The summed E-state index contributed by atoms with van der Waals surface area (Å²) in [5, 5.41) is 27.9. The number of hydrogen-bond acceptors (Lipinski definition) is 11. The zero-order valence-electron chi connectivity index (χ0n) is 20.6. The Morgan fingerprint density at radius 1 is 1.39 bits per heavy atom. The topological polar surface area (TPSA) is 206 Å². The average Bonchev–Trinajstić information content (AvgIpc) is 3.46. The van der Waals surface area contributed by atoms with Crippen molar-refractivity contribution in [2.24, 2.45) is 10.8 Å². The van der Waals surface area contributed by atoms with Crippen molar-refractivity contribution in [3.8, 4) is 11.8 Å². The number of unbranched alkanes of at least 4 members (excludes halogenated alkanes) is 1. The van der Waals surface area contributed by atoms with Gasteiger partial charge < -0.3 is 25.0 Å². The molecule has 0 saturated carbocycles. The lowest BCUT2D eigenvalue weighted by Gasteiger charge is -2.17. The minimum Gasteiger partial charge on any atom is -0.449 e. The number of azide groups is 1. The highest BCUT2D eigenvalue weighted by molar-refractivity contribution is 7.97. The minimum absolute atomic E-state index is 0.0584. The average molecular weight is 553 g/mol. The summed E-state index contributed by atoms with van der Waals surface area (Å²) in [5.74, 6) is 7.97. The van der Waals surface area contributed by atoms with Crippen molar-refractivity contribution in [3.63, 3.8) is 0 Å². The highest BCUT2D eigenvalue weighted by Gasteiger charge is 2.47. The molecule has 6 atom stereocenters. The Labute approximate surface area is 221 Å².